The van der Waals surface area contributed by atoms with Crippen LogP contribution in [0.5, 0.6) is 0 Å². The smallest absolute Gasteiger partial charge is 0.209 e. The van der Waals surface area contributed by atoms with Gasteiger partial charge in [-0.25, -0.2) is 22.9 Å². The summed E-state index contributed by atoms with van der Waals surface area (Å²) in [4.78, 5) is 13.3. The first kappa shape index (κ1) is 20.3. The summed E-state index contributed by atoms with van der Waals surface area (Å²) in [6.45, 7) is 0.470. The summed E-state index contributed by atoms with van der Waals surface area (Å²) in [6.07, 6.45) is 4.74. The van der Waals surface area contributed by atoms with Gasteiger partial charge in [0.2, 0.25) is 20.0 Å². The van der Waals surface area contributed by atoms with Gasteiger partial charge in [0.15, 0.2) is 5.82 Å². The average molecular weight is 463 g/mol. The molecule has 0 atom stereocenters. The van der Waals surface area contributed by atoms with Gasteiger partial charge in [0.1, 0.15) is 11.2 Å². The van der Waals surface area contributed by atoms with Gasteiger partial charge in [0, 0.05) is 29.6 Å². The van der Waals surface area contributed by atoms with Gasteiger partial charge in [-0.1, -0.05) is 36.4 Å². The third-order valence-electron chi connectivity index (χ3n) is 4.79. The number of rotatable bonds is 6. The van der Waals surface area contributed by atoms with Crippen molar-refractivity contribution in [1.29, 1.82) is 0 Å². The van der Waals surface area contributed by atoms with Crippen LogP contribution in [0.25, 0.3) is 28.2 Å². The molecular weight excluding hydrogens is 444 g/mol. The van der Waals surface area contributed by atoms with Gasteiger partial charge in [-0.2, -0.15) is 0 Å². The topological polar surface area (TPSA) is 102 Å². The molecule has 4 heterocycles. The highest BCUT2D eigenvalue weighted by molar-refractivity contribution is 7.92. The molecular formula is C22H18N6O2S2. The molecule has 4 aromatic heterocycles. The summed E-state index contributed by atoms with van der Waals surface area (Å²) >= 11 is 1.06. The quantitative estimate of drug-likeness (QED) is 0.408. The van der Waals surface area contributed by atoms with E-state index in [9.17, 15) is 8.42 Å². The Hall–Kier alpha value is -3.63. The van der Waals surface area contributed by atoms with Crippen molar-refractivity contribution >= 4 is 32.5 Å². The molecule has 10 heteroatoms. The highest BCUT2D eigenvalue weighted by Gasteiger charge is 2.19. The van der Waals surface area contributed by atoms with Crippen molar-refractivity contribution in [1.82, 2.24) is 24.6 Å². The molecule has 0 bridgehead atoms. The Morgan fingerprint density at radius 2 is 1.84 bits per heavy atom. The summed E-state index contributed by atoms with van der Waals surface area (Å²) in [5, 5.41) is 9.63. The van der Waals surface area contributed by atoms with Crippen LogP contribution in [-0.2, 0) is 16.4 Å². The second kappa shape index (κ2) is 8.13. The van der Waals surface area contributed by atoms with Crippen molar-refractivity contribution < 1.29 is 8.42 Å². The lowest BCUT2D eigenvalue weighted by Gasteiger charge is -2.11. The Bertz CT molecular complexity index is 1500. The summed E-state index contributed by atoms with van der Waals surface area (Å²) in [7, 11) is -3.40. The Kier molecular flexibility index (Phi) is 5.16. The molecule has 5 aromatic rings. The first-order chi connectivity index (χ1) is 15.5. The number of pyridine rings is 1. The Morgan fingerprint density at radius 3 is 2.56 bits per heavy atom. The van der Waals surface area contributed by atoms with Crippen molar-refractivity contribution in [3.05, 3.63) is 78.1 Å². The van der Waals surface area contributed by atoms with Gasteiger partial charge in [-0.15, -0.1) is 16.4 Å². The summed E-state index contributed by atoms with van der Waals surface area (Å²) < 4.78 is 25.5. The lowest BCUT2D eigenvalue weighted by Crippen LogP contribution is -2.08. The van der Waals surface area contributed by atoms with Crippen LogP contribution in [0.1, 0.15) is 5.69 Å². The van der Waals surface area contributed by atoms with E-state index in [1.165, 1.54) is 0 Å². The highest BCUT2D eigenvalue weighted by Crippen LogP contribution is 2.31. The van der Waals surface area contributed by atoms with Crippen LogP contribution >= 0.6 is 11.3 Å². The lowest BCUT2D eigenvalue weighted by molar-refractivity contribution is 0.601. The van der Waals surface area contributed by atoms with Crippen LogP contribution in [-0.4, -0.2) is 39.2 Å². The van der Waals surface area contributed by atoms with Crippen LogP contribution in [0.4, 0.5) is 5.82 Å². The fourth-order valence-electron chi connectivity index (χ4n) is 3.31. The maximum Gasteiger partial charge on any atom is 0.209 e. The predicted molar refractivity (Wildman–Crippen MR) is 124 cm³/mol. The van der Waals surface area contributed by atoms with Crippen LogP contribution in [0, 0.1) is 0 Å². The van der Waals surface area contributed by atoms with Gasteiger partial charge < -0.3 is 5.32 Å². The number of hydrogen-bond acceptors (Lipinski definition) is 8. The SMILES string of the molecule is CS(=O)(=O)c1nc(-c2nc(NCc3ccccn3)c3c(-c4ccccc4)ccn3n2)cs1. The van der Waals surface area contributed by atoms with E-state index in [4.69, 9.17) is 4.98 Å². The van der Waals surface area contributed by atoms with Gasteiger partial charge in [-0.05, 0) is 23.8 Å². The Balaban J connectivity index is 1.63. The fraction of sp³-hybridized carbons (Fsp3) is 0.0909. The zero-order chi connectivity index (χ0) is 22.1. The van der Waals surface area contributed by atoms with Crippen LogP contribution in [0.3, 0.4) is 0 Å². The monoisotopic (exact) mass is 462 g/mol. The molecule has 0 amide bonds. The number of aromatic nitrogens is 5. The zero-order valence-corrected chi connectivity index (χ0v) is 18.6. The van der Waals surface area contributed by atoms with E-state index in [0.717, 1.165) is 39.9 Å². The minimum atomic E-state index is -3.40. The number of anilines is 1. The molecule has 0 fully saturated rings. The summed E-state index contributed by atoms with van der Waals surface area (Å²) in [5.41, 5.74) is 4.12. The molecule has 0 saturated heterocycles. The summed E-state index contributed by atoms with van der Waals surface area (Å²) in [6, 6.07) is 17.7. The van der Waals surface area contributed by atoms with Crippen LogP contribution in [0.15, 0.2) is 76.7 Å². The zero-order valence-electron chi connectivity index (χ0n) is 17.0. The summed E-state index contributed by atoms with van der Waals surface area (Å²) in [5.74, 6) is 0.945. The van der Waals surface area contributed by atoms with Crippen molar-refractivity contribution in [2.75, 3.05) is 11.6 Å². The Morgan fingerprint density at radius 1 is 1.03 bits per heavy atom. The first-order valence-electron chi connectivity index (χ1n) is 9.73. The number of thiazole rings is 1. The predicted octanol–water partition coefficient (Wildman–Crippen LogP) is 3.93. The molecule has 5 rings (SSSR count). The van der Waals surface area contributed by atoms with Gasteiger partial charge >= 0.3 is 0 Å². The first-order valence-corrected chi connectivity index (χ1v) is 12.5. The van der Waals surface area contributed by atoms with E-state index in [1.807, 2.05) is 60.8 Å². The van der Waals surface area contributed by atoms with E-state index >= 15 is 0 Å². The van der Waals surface area contributed by atoms with Crippen LogP contribution in [0.2, 0.25) is 0 Å². The molecule has 160 valence electrons. The minimum Gasteiger partial charge on any atom is -0.363 e. The standard InChI is InChI=1S/C22H18N6O2S2/c1-32(29,30)22-25-18(14-31-22)20-26-21(24-13-16-9-5-6-11-23-16)19-17(10-12-28(19)27-20)15-7-3-2-4-8-15/h2-12,14H,13H2,1H3,(H,24,26,27). The minimum absolute atomic E-state index is 0.0386. The van der Waals surface area contributed by atoms with E-state index in [0.29, 0.717) is 23.9 Å². The molecule has 0 aliphatic heterocycles. The number of sulfone groups is 1. The maximum atomic E-state index is 11.9. The second-order valence-electron chi connectivity index (χ2n) is 7.12. The largest absolute Gasteiger partial charge is 0.363 e. The molecule has 1 aromatic carbocycles. The molecule has 0 radical (unpaired) electrons. The molecule has 32 heavy (non-hydrogen) atoms. The van der Waals surface area contributed by atoms with E-state index < -0.39 is 9.84 Å². The van der Waals surface area contributed by atoms with Crippen molar-refractivity contribution in [3.63, 3.8) is 0 Å². The molecule has 0 aliphatic carbocycles. The number of benzene rings is 1. The third-order valence-corrected chi connectivity index (χ3v) is 7.35. The van der Waals surface area contributed by atoms with Gasteiger partial charge in [-0.3, -0.25) is 4.98 Å². The lowest BCUT2D eigenvalue weighted by atomic mass is 10.1. The van der Waals surface area contributed by atoms with Gasteiger partial charge in [0.25, 0.3) is 0 Å². The third kappa shape index (κ3) is 3.97. The van der Waals surface area contributed by atoms with Gasteiger partial charge in [0.05, 0.1) is 12.2 Å². The van der Waals surface area contributed by atoms with E-state index in [2.05, 4.69) is 20.4 Å². The fourth-order valence-corrected chi connectivity index (χ4v) is 4.94. The molecule has 1 N–H and O–H groups in total. The highest BCUT2D eigenvalue weighted by atomic mass is 32.2. The van der Waals surface area contributed by atoms with Crippen molar-refractivity contribution in [3.8, 4) is 22.6 Å². The maximum absolute atomic E-state index is 11.9. The molecule has 0 unspecified atom stereocenters. The van der Waals surface area contributed by atoms with Crippen molar-refractivity contribution in [2.45, 2.75) is 10.9 Å². The molecule has 0 aliphatic rings. The number of nitrogens with one attached hydrogen (secondary N) is 1. The molecule has 0 saturated carbocycles. The number of fused-ring (bicyclic) bond motifs is 1. The second-order valence-corrected chi connectivity index (χ2v) is 10.2. The van der Waals surface area contributed by atoms with E-state index in [-0.39, 0.29) is 4.34 Å². The normalized spacial score (nSPS) is 11.7. The number of nitrogens with zero attached hydrogens (tertiary/aromatic N) is 5. The molecule has 0 spiro atoms. The van der Waals surface area contributed by atoms with Crippen LogP contribution < -0.4 is 5.32 Å². The average Bonchev–Trinajstić information content (AvgIpc) is 3.46. The van der Waals surface area contributed by atoms with Crippen molar-refractivity contribution in [2.24, 2.45) is 0 Å². The number of hydrogen-bond donors (Lipinski definition) is 1. The Labute approximate surface area is 188 Å². The molecule has 8 nitrogen and oxygen atoms in total. The van der Waals surface area contributed by atoms with E-state index in [1.54, 1.807) is 16.1 Å².